The molecular formula is C7H19N2NaO3S. The van der Waals surface area contributed by atoms with Gasteiger partial charge in [0.25, 0.3) is 0 Å². The first kappa shape index (κ1) is 20.3. The minimum atomic E-state index is -3.92. The van der Waals surface area contributed by atoms with Crippen LogP contribution in [0.1, 0.15) is 25.7 Å². The second-order valence-electron chi connectivity index (χ2n) is 2.70. The minimum absolute atomic E-state index is 0. The summed E-state index contributed by atoms with van der Waals surface area (Å²) in [5.74, 6) is 0. The zero-order valence-corrected chi connectivity index (χ0v) is 11.8. The van der Waals surface area contributed by atoms with Crippen LogP contribution in [0.5, 0.6) is 0 Å². The summed E-state index contributed by atoms with van der Waals surface area (Å²) < 4.78 is 27.2. The van der Waals surface area contributed by atoms with Gasteiger partial charge in [-0.3, -0.25) is 0 Å². The number of nitrogens with two attached hydrogens (primary N) is 2. The van der Waals surface area contributed by atoms with Crippen molar-refractivity contribution in [2.45, 2.75) is 25.7 Å². The standard InChI is InChI=1S/C6H16N2.CH4O3S.Na/c7-5-3-1-2-4-6-8;1-5(2,3)4;/h1-8H2;1H3,(H,2,3,4);/q;;+1/p-1. The second-order valence-corrected chi connectivity index (χ2v) is 4.10. The fraction of sp³-hybridized carbons (Fsp3) is 1.00. The summed E-state index contributed by atoms with van der Waals surface area (Å²) in [6, 6.07) is 0. The first-order chi connectivity index (χ1) is 5.91. The first-order valence-corrected chi connectivity index (χ1v) is 6.04. The van der Waals surface area contributed by atoms with Crippen molar-refractivity contribution in [2.75, 3.05) is 19.3 Å². The quantitative estimate of drug-likeness (QED) is 0.293. The molecule has 0 radical (unpaired) electrons. The van der Waals surface area contributed by atoms with Crippen molar-refractivity contribution in [3.8, 4) is 0 Å². The molecule has 0 unspecified atom stereocenters. The van der Waals surface area contributed by atoms with Gasteiger partial charge in [0.1, 0.15) is 0 Å². The fourth-order valence-electron chi connectivity index (χ4n) is 0.642. The molecule has 5 nitrogen and oxygen atoms in total. The van der Waals surface area contributed by atoms with Gasteiger partial charge in [0.15, 0.2) is 0 Å². The van der Waals surface area contributed by atoms with E-state index in [2.05, 4.69) is 0 Å². The third kappa shape index (κ3) is 52.8. The normalized spacial score (nSPS) is 9.71. The van der Waals surface area contributed by atoms with E-state index in [0.717, 1.165) is 25.9 Å². The van der Waals surface area contributed by atoms with Crippen LogP contribution in [0.4, 0.5) is 0 Å². The van der Waals surface area contributed by atoms with E-state index >= 15 is 0 Å². The fourth-order valence-corrected chi connectivity index (χ4v) is 0.642. The largest absolute Gasteiger partial charge is 1.00 e. The third-order valence-electron chi connectivity index (χ3n) is 1.16. The molecule has 0 atom stereocenters. The van der Waals surface area contributed by atoms with Gasteiger partial charge in [-0.1, -0.05) is 12.8 Å². The van der Waals surface area contributed by atoms with Crippen LogP contribution in [0, 0.1) is 0 Å². The van der Waals surface area contributed by atoms with Gasteiger partial charge in [-0.2, -0.15) is 0 Å². The Balaban J connectivity index is -0.000000177. The maximum absolute atomic E-state index is 9.08. The Morgan fingerprint density at radius 2 is 1.21 bits per heavy atom. The predicted molar refractivity (Wildman–Crippen MR) is 52.2 cm³/mol. The molecule has 0 aliphatic carbocycles. The molecule has 4 N–H and O–H groups in total. The molecule has 0 rings (SSSR count). The SMILES string of the molecule is CS(=O)(=O)[O-].NCCCCCCN.[Na+]. The van der Waals surface area contributed by atoms with Crippen LogP contribution in [0.3, 0.4) is 0 Å². The Hall–Kier alpha value is 0.830. The molecule has 0 aliphatic heterocycles. The molecule has 0 saturated carbocycles. The van der Waals surface area contributed by atoms with Crippen molar-refractivity contribution in [1.82, 2.24) is 0 Å². The Kier molecular flexibility index (Phi) is 20.0. The van der Waals surface area contributed by atoms with Gasteiger partial charge in [0, 0.05) is 6.26 Å². The summed E-state index contributed by atoms with van der Waals surface area (Å²) in [5.41, 5.74) is 10.6. The first-order valence-electron chi connectivity index (χ1n) is 4.22. The van der Waals surface area contributed by atoms with Gasteiger partial charge >= 0.3 is 29.6 Å². The molecule has 0 amide bonds. The van der Waals surface area contributed by atoms with Crippen LogP contribution >= 0.6 is 0 Å². The number of hydrogen-bond acceptors (Lipinski definition) is 5. The second kappa shape index (κ2) is 13.8. The molecule has 0 saturated heterocycles. The van der Waals surface area contributed by atoms with Gasteiger partial charge < -0.3 is 16.0 Å². The van der Waals surface area contributed by atoms with Gasteiger partial charge in [0.2, 0.25) is 0 Å². The molecule has 0 fully saturated rings. The summed E-state index contributed by atoms with van der Waals surface area (Å²) >= 11 is 0. The summed E-state index contributed by atoms with van der Waals surface area (Å²) in [5, 5.41) is 0. The van der Waals surface area contributed by atoms with Crippen molar-refractivity contribution in [3.63, 3.8) is 0 Å². The van der Waals surface area contributed by atoms with E-state index in [1.54, 1.807) is 0 Å². The van der Waals surface area contributed by atoms with E-state index < -0.39 is 10.1 Å². The van der Waals surface area contributed by atoms with Crippen molar-refractivity contribution >= 4 is 10.1 Å². The van der Waals surface area contributed by atoms with Crippen LogP contribution in [-0.4, -0.2) is 32.3 Å². The molecule has 0 spiro atoms. The summed E-state index contributed by atoms with van der Waals surface area (Å²) in [7, 11) is -3.92. The average molecular weight is 234 g/mol. The Bertz CT molecular complexity index is 171. The molecular weight excluding hydrogens is 215 g/mol. The summed E-state index contributed by atoms with van der Waals surface area (Å²) in [4.78, 5) is 0. The number of unbranched alkanes of at least 4 members (excludes halogenated alkanes) is 3. The van der Waals surface area contributed by atoms with E-state index in [-0.39, 0.29) is 29.6 Å². The molecule has 0 aromatic carbocycles. The maximum atomic E-state index is 9.08. The van der Waals surface area contributed by atoms with Crippen LogP contribution < -0.4 is 41.0 Å². The zero-order valence-electron chi connectivity index (χ0n) is 9.03. The molecule has 0 aliphatic rings. The molecule has 82 valence electrons. The van der Waals surface area contributed by atoms with Gasteiger partial charge in [0.05, 0.1) is 10.1 Å². The monoisotopic (exact) mass is 234 g/mol. The van der Waals surface area contributed by atoms with Crippen molar-refractivity contribution in [1.29, 1.82) is 0 Å². The van der Waals surface area contributed by atoms with E-state index in [4.69, 9.17) is 24.4 Å². The maximum Gasteiger partial charge on any atom is 1.00 e. The topological polar surface area (TPSA) is 109 Å². The Labute approximate surface area is 109 Å². The average Bonchev–Trinajstić information content (AvgIpc) is 1.95. The molecule has 14 heavy (non-hydrogen) atoms. The predicted octanol–water partition coefficient (Wildman–Crippen LogP) is -3.37. The number of hydrogen-bond donors (Lipinski definition) is 2. The summed E-state index contributed by atoms with van der Waals surface area (Å²) in [6.45, 7) is 1.65. The smallest absolute Gasteiger partial charge is 0.748 e. The van der Waals surface area contributed by atoms with Gasteiger partial charge in [-0.15, -0.1) is 0 Å². The van der Waals surface area contributed by atoms with Crippen molar-refractivity contribution < 1.29 is 42.5 Å². The molecule has 7 heteroatoms. The minimum Gasteiger partial charge on any atom is -0.748 e. The molecule has 0 aromatic heterocycles. The molecule has 0 aromatic rings. The Morgan fingerprint density at radius 3 is 1.36 bits per heavy atom. The van der Waals surface area contributed by atoms with Gasteiger partial charge in [-0.25, -0.2) is 8.42 Å². The van der Waals surface area contributed by atoms with Crippen LogP contribution in [0.2, 0.25) is 0 Å². The van der Waals surface area contributed by atoms with Crippen LogP contribution in [0.25, 0.3) is 0 Å². The van der Waals surface area contributed by atoms with Crippen molar-refractivity contribution in [3.05, 3.63) is 0 Å². The summed E-state index contributed by atoms with van der Waals surface area (Å²) in [6.07, 6.45) is 5.40. The Morgan fingerprint density at radius 1 is 1.00 bits per heavy atom. The van der Waals surface area contributed by atoms with E-state index in [1.807, 2.05) is 0 Å². The zero-order chi connectivity index (χ0) is 10.7. The van der Waals surface area contributed by atoms with Crippen LogP contribution in [-0.2, 0) is 10.1 Å². The van der Waals surface area contributed by atoms with Crippen LogP contribution in [0.15, 0.2) is 0 Å². The van der Waals surface area contributed by atoms with Gasteiger partial charge in [-0.05, 0) is 25.9 Å². The third-order valence-corrected chi connectivity index (χ3v) is 1.16. The van der Waals surface area contributed by atoms with E-state index in [1.165, 1.54) is 12.8 Å². The number of rotatable bonds is 5. The van der Waals surface area contributed by atoms with E-state index in [0.29, 0.717) is 6.26 Å². The van der Waals surface area contributed by atoms with Crippen molar-refractivity contribution in [2.24, 2.45) is 11.5 Å². The van der Waals surface area contributed by atoms with E-state index in [9.17, 15) is 0 Å². The molecule has 0 bridgehead atoms. The molecule has 0 heterocycles.